The molecular weight excluding hydrogens is 363 g/mol. The fraction of sp³-hybridized carbons (Fsp3) is 0.385. The van der Waals surface area contributed by atoms with Crippen LogP contribution in [0.2, 0.25) is 0 Å². The van der Waals surface area contributed by atoms with E-state index in [4.69, 9.17) is 22.3 Å². The summed E-state index contributed by atoms with van der Waals surface area (Å²) < 4.78 is 0. The number of hydrogen-bond acceptors (Lipinski definition) is 5. The summed E-state index contributed by atoms with van der Waals surface area (Å²) in [4.78, 5) is 0. The molecule has 7 N–H and O–H groups in total. The van der Waals surface area contributed by atoms with Gasteiger partial charge in [-0.2, -0.15) is 0 Å². The number of thioether (sulfide) groups is 2. The average Bonchev–Trinajstić information content (AvgIpc) is 2.35. The molecule has 5 nitrogen and oxygen atoms in total. The highest BCUT2D eigenvalue weighted by Crippen LogP contribution is 2.35. The zero-order valence-corrected chi connectivity index (χ0v) is 15.9. The molecular formula is C13H22Cl2N4OS2. The molecule has 1 aromatic carbocycles. The molecule has 9 heteroatoms. The van der Waals surface area contributed by atoms with Crippen molar-refractivity contribution in [2.24, 2.45) is 11.5 Å². The van der Waals surface area contributed by atoms with Gasteiger partial charge in [-0.1, -0.05) is 23.5 Å². The van der Waals surface area contributed by atoms with E-state index in [0.29, 0.717) is 11.5 Å². The summed E-state index contributed by atoms with van der Waals surface area (Å²) in [5.41, 5.74) is 15.5. The number of phenols is 1. The van der Waals surface area contributed by atoms with Gasteiger partial charge in [0.05, 0.1) is 0 Å². The van der Waals surface area contributed by atoms with E-state index in [0.717, 1.165) is 27.8 Å². The Morgan fingerprint density at radius 3 is 1.45 bits per heavy atom. The van der Waals surface area contributed by atoms with Crippen LogP contribution < -0.4 is 11.5 Å². The minimum absolute atomic E-state index is 0. The van der Waals surface area contributed by atoms with E-state index < -0.39 is 0 Å². The number of phenolic OH excluding ortho intramolecular Hbond substituents is 1. The molecule has 0 spiro atoms. The van der Waals surface area contributed by atoms with Gasteiger partial charge in [-0.15, -0.1) is 24.8 Å². The van der Waals surface area contributed by atoms with Crippen LogP contribution in [0.3, 0.4) is 0 Å². The quantitative estimate of drug-likeness (QED) is 0.402. The largest absolute Gasteiger partial charge is 0.507 e. The first-order chi connectivity index (χ1) is 9.25. The maximum absolute atomic E-state index is 10.2. The van der Waals surface area contributed by atoms with Crippen molar-refractivity contribution < 1.29 is 5.11 Å². The van der Waals surface area contributed by atoms with Gasteiger partial charge >= 0.3 is 0 Å². The lowest BCUT2D eigenvalue weighted by atomic mass is 9.94. The highest BCUT2D eigenvalue weighted by Gasteiger charge is 2.17. The Kier molecular flexibility index (Phi) is 10.8. The maximum atomic E-state index is 10.2. The molecule has 0 unspecified atom stereocenters. The summed E-state index contributed by atoms with van der Waals surface area (Å²) in [6, 6.07) is 0. The Hall–Kier alpha value is -0.760. The summed E-state index contributed by atoms with van der Waals surface area (Å²) >= 11 is 2.47. The summed E-state index contributed by atoms with van der Waals surface area (Å²) in [6.45, 7) is 5.73. The monoisotopic (exact) mass is 384 g/mol. The van der Waals surface area contributed by atoms with Crippen LogP contribution in [-0.2, 0) is 11.5 Å². The van der Waals surface area contributed by atoms with Crippen molar-refractivity contribution in [2.45, 2.75) is 32.3 Å². The third-order valence-electron chi connectivity index (χ3n) is 3.27. The van der Waals surface area contributed by atoms with Gasteiger partial charge < -0.3 is 16.6 Å². The average molecular weight is 385 g/mol. The zero-order chi connectivity index (χ0) is 15.4. The van der Waals surface area contributed by atoms with Gasteiger partial charge in [-0.05, 0) is 48.6 Å². The van der Waals surface area contributed by atoms with E-state index in [2.05, 4.69) is 0 Å². The van der Waals surface area contributed by atoms with Gasteiger partial charge in [0.1, 0.15) is 5.75 Å². The van der Waals surface area contributed by atoms with Crippen molar-refractivity contribution in [1.82, 2.24) is 0 Å². The molecule has 0 fully saturated rings. The Balaban J connectivity index is 0. The van der Waals surface area contributed by atoms with Gasteiger partial charge in [-0.3, -0.25) is 10.8 Å². The third kappa shape index (κ3) is 5.79. The number of benzene rings is 1. The van der Waals surface area contributed by atoms with Crippen molar-refractivity contribution in [3.05, 3.63) is 27.8 Å². The van der Waals surface area contributed by atoms with Crippen LogP contribution in [-0.4, -0.2) is 15.4 Å². The molecule has 0 aromatic heterocycles. The Bertz CT molecular complexity index is 522. The van der Waals surface area contributed by atoms with Crippen LogP contribution in [0.25, 0.3) is 0 Å². The van der Waals surface area contributed by atoms with Crippen LogP contribution >= 0.6 is 48.3 Å². The molecule has 1 aromatic rings. The molecule has 0 saturated heterocycles. The van der Waals surface area contributed by atoms with Crippen molar-refractivity contribution in [2.75, 3.05) is 0 Å². The highest BCUT2D eigenvalue weighted by molar-refractivity contribution is 8.13. The van der Waals surface area contributed by atoms with Crippen molar-refractivity contribution >= 4 is 58.7 Å². The lowest BCUT2D eigenvalue weighted by molar-refractivity contribution is 0.465. The Labute approximate surface area is 151 Å². The molecule has 0 amide bonds. The molecule has 1 rings (SSSR count). The van der Waals surface area contributed by atoms with E-state index >= 15 is 0 Å². The summed E-state index contributed by atoms with van der Waals surface area (Å²) in [6.07, 6.45) is 0. The minimum atomic E-state index is 0. The topological polar surface area (TPSA) is 120 Å². The predicted molar refractivity (Wildman–Crippen MR) is 103 cm³/mol. The van der Waals surface area contributed by atoms with E-state index in [-0.39, 0.29) is 40.9 Å². The molecule has 0 aliphatic rings. The van der Waals surface area contributed by atoms with Crippen molar-refractivity contribution in [3.63, 3.8) is 0 Å². The second kappa shape index (κ2) is 10.1. The molecule has 0 radical (unpaired) electrons. The normalized spacial score (nSPS) is 9.59. The number of hydrogen-bond donors (Lipinski definition) is 5. The second-order valence-corrected chi connectivity index (χ2v) is 6.52. The number of rotatable bonds is 4. The lowest BCUT2D eigenvalue weighted by Gasteiger charge is -2.19. The highest BCUT2D eigenvalue weighted by atomic mass is 35.5. The SMILES string of the molecule is Cc1c(O)c(C)c(CSC(=N)N)c(C)c1CSC(=N)N.Cl.Cl. The molecule has 0 saturated carbocycles. The number of nitrogens with two attached hydrogens (primary N) is 2. The Morgan fingerprint density at radius 1 is 0.864 bits per heavy atom. The number of halogens is 2. The van der Waals surface area contributed by atoms with Gasteiger partial charge in [0.2, 0.25) is 0 Å². The number of amidine groups is 2. The first kappa shape index (κ1) is 23.5. The second-order valence-electron chi connectivity index (χ2n) is 4.49. The van der Waals surface area contributed by atoms with Crippen LogP contribution in [0.4, 0.5) is 0 Å². The molecule has 0 atom stereocenters. The van der Waals surface area contributed by atoms with Crippen LogP contribution in [0.15, 0.2) is 0 Å². The number of nitrogens with one attached hydrogen (secondary N) is 2. The van der Waals surface area contributed by atoms with Crippen molar-refractivity contribution in [3.8, 4) is 5.75 Å². The minimum Gasteiger partial charge on any atom is -0.507 e. The molecule has 0 bridgehead atoms. The molecule has 0 aliphatic carbocycles. The van der Waals surface area contributed by atoms with Gasteiger partial charge in [0.15, 0.2) is 10.3 Å². The fourth-order valence-electron chi connectivity index (χ4n) is 2.04. The molecule has 0 heterocycles. The van der Waals surface area contributed by atoms with E-state index in [9.17, 15) is 5.11 Å². The van der Waals surface area contributed by atoms with Crippen molar-refractivity contribution in [1.29, 1.82) is 10.8 Å². The summed E-state index contributed by atoms with van der Waals surface area (Å²) in [5.74, 6) is 1.38. The van der Waals surface area contributed by atoms with Crippen LogP contribution in [0.5, 0.6) is 5.75 Å². The number of aromatic hydroxyl groups is 1. The molecule has 22 heavy (non-hydrogen) atoms. The zero-order valence-electron chi connectivity index (χ0n) is 12.6. The standard InChI is InChI=1S/C13H20N4OS2.2ClH/c1-6-9(4-19-12(14)15)7(2)11(18)8(3)10(6)5-20-13(16)17;;/h18H,4-5H2,1-3H3,(H3,14,15)(H3,16,17);2*1H. The van der Waals surface area contributed by atoms with Gasteiger partial charge in [0, 0.05) is 11.5 Å². The third-order valence-corrected chi connectivity index (χ3v) is 4.75. The predicted octanol–water partition coefficient (Wildman–Crippen LogP) is 3.41. The lowest BCUT2D eigenvalue weighted by Crippen LogP contribution is -2.08. The van der Waals surface area contributed by atoms with Crippen LogP contribution in [0.1, 0.15) is 27.8 Å². The fourth-order valence-corrected chi connectivity index (χ4v) is 3.51. The first-order valence-electron chi connectivity index (χ1n) is 5.99. The molecule has 0 aliphatic heterocycles. The van der Waals surface area contributed by atoms with E-state index in [1.807, 2.05) is 20.8 Å². The maximum Gasteiger partial charge on any atom is 0.151 e. The summed E-state index contributed by atoms with van der Waals surface area (Å²) in [5, 5.41) is 25.0. The van der Waals surface area contributed by atoms with E-state index in [1.165, 1.54) is 23.5 Å². The summed E-state index contributed by atoms with van der Waals surface area (Å²) in [7, 11) is 0. The molecule has 126 valence electrons. The van der Waals surface area contributed by atoms with Gasteiger partial charge in [0.25, 0.3) is 0 Å². The Morgan fingerprint density at radius 2 is 1.18 bits per heavy atom. The van der Waals surface area contributed by atoms with E-state index in [1.54, 1.807) is 0 Å². The smallest absolute Gasteiger partial charge is 0.151 e. The van der Waals surface area contributed by atoms with Gasteiger partial charge in [-0.25, -0.2) is 0 Å². The van der Waals surface area contributed by atoms with Crippen LogP contribution in [0, 0.1) is 31.6 Å². The first-order valence-corrected chi connectivity index (χ1v) is 7.96.